The zero-order valence-electron chi connectivity index (χ0n) is 11.4. The van der Waals surface area contributed by atoms with Crippen LogP contribution in [-0.4, -0.2) is 24.5 Å². The Morgan fingerprint density at radius 2 is 2.05 bits per heavy atom. The topological polar surface area (TPSA) is 87.8 Å². The first-order valence-electron chi connectivity index (χ1n) is 6.53. The van der Waals surface area contributed by atoms with Gasteiger partial charge >= 0.3 is 0 Å². The fourth-order valence-corrected chi connectivity index (χ4v) is 2.92. The quantitative estimate of drug-likeness (QED) is 0.781. The lowest BCUT2D eigenvalue weighted by Gasteiger charge is -2.07. The number of nitrogens with zero attached hydrogens (tertiary/aromatic N) is 3. The first-order valence-corrected chi connectivity index (χ1v) is 8.01. The zero-order chi connectivity index (χ0) is 15.1. The maximum Gasteiger partial charge on any atom is 0.240 e. The molecule has 0 aliphatic heterocycles. The molecule has 0 radical (unpaired) electrons. The standard InChI is InChI=1S/C14H16N4O2S/c15-7-6-13-2-4-14(5-3-13)21(19,20)17-8-1-10-18-11-9-16-12-18/h2-5,9,11-12,17H,1,6,8,10H2. The van der Waals surface area contributed by atoms with Gasteiger partial charge in [-0.1, -0.05) is 12.1 Å². The molecule has 0 saturated heterocycles. The zero-order valence-corrected chi connectivity index (χ0v) is 12.3. The van der Waals surface area contributed by atoms with Crippen molar-refractivity contribution in [2.24, 2.45) is 0 Å². The third-order valence-electron chi connectivity index (χ3n) is 2.96. The maximum atomic E-state index is 12.1. The van der Waals surface area contributed by atoms with Crippen LogP contribution in [0, 0.1) is 11.3 Å². The Morgan fingerprint density at radius 1 is 1.29 bits per heavy atom. The van der Waals surface area contributed by atoms with Crippen LogP contribution in [0.5, 0.6) is 0 Å². The predicted molar refractivity (Wildman–Crippen MR) is 77.8 cm³/mol. The highest BCUT2D eigenvalue weighted by Gasteiger charge is 2.12. The highest BCUT2D eigenvalue weighted by molar-refractivity contribution is 7.89. The molecule has 1 N–H and O–H groups in total. The minimum absolute atomic E-state index is 0.215. The number of hydrogen-bond acceptors (Lipinski definition) is 4. The van der Waals surface area contributed by atoms with E-state index in [4.69, 9.17) is 5.26 Å². The van der Waals surface area contributed by atoms with E-state index in [-0.39, 0.29) is 11.3 Å². The minimum Gasteiger partial charge on any atom is -0.337 e. The van der Waals surface area contributed by atoms with Crippen LogP contribution in [0.2, 0.25) is 0 Å². The highest BCUT2D eigenvalue weighted by Crippen LogP contribution is 2.10. The van der Waals surface area contributed by atoms with Crippen LogP contribution >= 0.6 is 0 Å². The molecular formula is C14H16N4O2S. The number of benzene rings is 1. The van der Waals surface area contributed by atoms with Gasteiger partial charge in [-0.25, -0.2) is 18.1 Å². The number of nitrogens with one attached hydrogen (secondary N) is 1. The summed E-state index contributed by atoms with van der Waals surface area (Å²) in [6, 6.07) is 8.37. The number of aryl methyl sites for hydroxylation is 1. The number of rotatable bonds is 7. The first kappa shape index (κ1) is 15.2. The molecule has 6 nitrogen and oxygen atoms in total. The average Bonchev–Trinajstić information content (AvgIpc) is 2.98. The van der Waals surface area contributed by atoms with Gasteiger partial charge in [-0.3, -0.25) is 0 Å². The molecule has 2 aromatic rings. The lowest BCUT2D eigenvalue weighted by atomic mass is 10.2. The van der Waals surface area contributed by atoms with Gasteiger partial charge in [-0.2, -0.15) is 5.26 Å². The van der Waals surface area contributed by atoms with Gasteiger partial charge in [0.05, 0.1) is 23.7 Å². The van der Waals surface area contributed by atoms with Crippen LogP contribution in [0.25, 0.3) is 0 Å². The Kier molecular flexibility index (Phi) is 5.09. The van der Waals surface area contributed by atoms with E-state index in [0.29, 0.717) is 19.5 Å². The van der Waals surface area contributed by atoms with Gasteiger partial charge in [-0.05, 0) is 24.1 Å². The van der Waals surface area contributed by atoms with E-state index >= 15 is 0 Å². The summed E-state index contributed by atoms with van der Waals surface area (Å²) in [7, 11) is -3.49. The van der Waals surface area contributed by atoms with Crippen LogP contribution in [0.1, 0.15) is 12.0 Å². The van der Waals surface area contributed by atoms with E-state index in [9.17, 15) is 8.42 Å². The molecule has 0 atom stereocenters. The van der Waals surface area contributed by atoms with Crippen molar-refractivity contribution in [3.05, 3.63) is 48.5 Å². The third kappa shape index (κ3) is 4.41. The molecule has 0 bridgehead atoms. The van der Waals surface area contributed by atoms with Crippen LogP contribution < -0.4 is 4.72 Å². The molecule has 1 aromatic carbocycles. The van der Waals surface area contributed by atoms with Crippen LogP contribution in [-0.2, 0) is 23.0 Å². The monoisotopic (exact) mass is 304 g/mol. The summed E-state index contributed by atoms with van der Waals surface area (Å²) >= 11 is 0. The molecule has 0 amide bonds. The Labute approximate surface area is 124 Å². The Morgan fingerprint density at radius 3 is 2.67 bits per heavy atom. The van der Waals surface area contributed by atoms with E-state index in [1.807, 2.05) is 16.8 Å². The highest BCUT2D eigenvalue weighted by atomic mass is 32.2. The van der Waals surface area contributed by atoms with Gasteiger partial charge in [0.25, 0.3) is 0 Å². The molecule has 0 fully saturated rings. The molecule has 0 spiro atoms. The van der Waals surface area contributed by atoms with Crippen molar-refractivity contribution in [3.63, 3.8) is 0 Å². The summed E-state index contributed by atoms with van der Waals surface area (Å²) in [5.41, 5.74) is 0.802. The lowest BCUT2D eigenvalue weighted by molar-refractivity contribution is 0.570. The molecule has 0 aliphatic carbocycles. The Balaban J connectivity index is 1.87. The average molecular weight is 304 g/mol. The molecule has 1 heterocycles. The van der Waals surface area contributed by atoms with Gasteiger partial charge in [0, 0.05) is 25.5 Å². The predicted octanol–water partition coefficient (Wildman–Crippen LogP) is 1.32. The molecular weight excluding hydrogens is 288 g/mol. The van der Waals surface area contributed by atoms with Crippen LogP contribution in [0.4, 0.5) is 0 Å². The van der Waals surface area contributed by atoms with Gasteiger partial charge in [0.2, 0.25) is 10.0 Å². The molecule has 1 aromatic heterocycles. The normalized spacial score (nSPS) is 11.2. The smallest absolute Gasteiger partial charge is 0.240 e. The van der Waals surface area contributed by atoms with Gasteiger partial charge in [0.15, 0.2) is 0 Å². The van der Waals surface area contributed by atoms with Crippen molar-refractivity contribution in [2.75, 3.05) is 6.54 Å². The molecule has 0 aliphatic rings. The SMILES string of the molecule is N#CCc1ccc(S(=O)(=O)NCCCn2ccnc2)cc1. The van der Waals surface area contributed by atoms with Crippen molar-refractivity contribution in [1.29, 1.82) is 5.26 Å². The lowest BCUT2D eigenvalue weighted by Crippen LogP contribution is -2.25. The molecule has 2 rings (SSSR count). The number of hydrogen-bond donors (Lipinski definition) is 1. The molecule has 21 heavy (non-hydrogen) atoms. The number of aromatic nitrogens is 2. The van der Waals surface area contributed by atoms with E-state index in [0.717, 1.165) is 5.56 Å². The Bertz CT molecular complexity index is 700. The summed E-state index contributed by atoms with van der Waals surface area (Å²) in [6.07, 6.45) is 6.18. The fourth-order valence-electron chi connectivity index (χ4n) is 1.85. The summed E-state index contributed by atoms with van der Waals surface area (Å²) in [6.45, 7) is 1.07. The van der Waals surface area contributed by atoms with Crippen molar-refractivity contribution in [2.45, 2.75) is 24.3 Å². The van der Waals surface area contributed by atoms with Gasteiger partial charge in [-0.15, -0.1) is 0 Å². The maximum absolute atomic E-state index is 12.1. The summed E-state index contributed by atoms with van der Waals surface area (Å²) < 4.78 is 28.6. The van der Waals surface area contributed by atoms with Crippen molar-refractivity contribution < 1.29 is 8.42 Å². The summed E-state index contributed by atoms with van der Waals surface area (Å²) in [4.78, 5) is 4.14. The van der Waals surface area contributed by atoms with Gasteiger partial charge in [0.1, 0.15) is 0 Å². The van der Waals surface area contributed by atoms with Crippen LogP contribution in [0.15, 0.2) is 47.9 Å². The second kappa shape index (κ2) is 7.02. The van der Waals surface area contributed by atoms with E-state index in [1.165, 1.54) is 12.1 Å². The number of sulfonamides is 1. The minimum atomic E-state index is -3.49. The number of imidazole rings is 1. The number of nitriles is 1. The van der Waals surface area contributed by atoms with Gasteiger partial charge < -0.3 is 4.57 Å². The van der Waals surface area contributed by atoms with E-state index < -0.39 is 10.0 Å². The van der Waals surface area contributed by atoms with E-state index in [2.05, 4.69) is 9.71 Å². The van der Waals surface area contributed by atoms with Crippen molar-refractivity contribution >= 4 is 10.0 Å². The largest absolute Gasteiger partial charge is 0.337 e. The summed E-state index contributed by atoms with van der Waals surface area (Å²) in [5, 5.41) is 8.58. The second-order valence-electron chi connectivity index (χ2n) is 4.53. The fraction of sp³-hybridized carbons (Fsp3) is 0.286. The molecule has 110 valence electrons. The first-order chi connectivity index (χ1) is 10.1. The third-order valence-corrected chi connectivity index (χ3v) is 4.44. The van der Waals surface area contributed by atoms with E-state index in [1.54, 1.807) is 24.7 Å². The van der Waals surface area contributed by atoms with Crippen LogP contribution in [0.3, 0.4) is 0 Å². The Hall–Kier alpha value is -2.17. The second-order valence-corrected chi connectivity index (χ2v) is 6.30. The molecule has 0 unspecified atom stereocenters. The van der Waals surface area contributed by atoms with Crippen molar-refractivity contribution in [3.8, 4) is 6.07 Å². The molecule has 7 heteroatoms. The summed E-state index contributed by atoms with van der Waals surface area (Å²) in [5.74, 6) is 0. The van der Waals surface area contributed by atoms with Crippen molar-refractivity contribution in [1.82, 2.24) is 14.3 Å². The molecule has 0 saturated carbocycles.